The summed E-state index contributed by atoms with van der Waals surface area (Å²) in [6, 6.07) is 13.3. The minimum absolute atomic E-state index is 0.0125. The number of nitrogens with zero attached hydrogens (tertiary/aromatic N) is 2. The second kappa shape index (κ2) is 9.08. The van der Waals surface area contributed by atoms with Crippen LogP contribution in [0.15, 0.2) is 58.8 Å². The Morgan fingerprint density at radius 1 is 1.13 bits per heavy atom. The van der Waals surface area contributed by atoms with E-state index in [0.29, 0.717) is 22.3 Å². The van der Waals surface area contributed by atoms with Crippen LogP contribution in [-0.4, -0.2) is 36.2 Å². The molecule has 0 spiro atoms. The van der Waals surface area contributed by atoms with Gasteiger partial charge in [0.1, 0.15) is 0 Å². The van der Waals surface area contributed by atoms with E-state index in [0.717, 1.165) is 30.5 Å². The molecular weight excluding hydrogens is 454 g/mol. The van der Waals surface area contributed by atoms with Crippen molar-refractivity contribution in [1.29, 1.82) is 0 Å². The van der Waals surface area contributed by atoms with Gasteiger partial charge in [0, 0.05) is 34.1 Å². The zero-order chi connectivity index (χ0) is 22.0. The molecule has 0 saturated carbocycles. The third-order valence-electron chi connectivity index (χ3n) is 5.33. The molecule has 2 heterocycles. The summed E-state index contributed by atoms with van der Waals surface area (Å²) in [6.07, 6.45) is 2.78. The third-order valence-corrected chi connectivity index (χ3v) is 8.37. The average molecular weight is 476 g/mol. The second-order valence-corrected chi connectivity index (χ2v) is 10.7. The van der Waals surface area contributed by atoms with Gasteiger partial charge in [0.25, 0.3) is 5.91 Å². The Morgan fingerprint density at radius 2 is 1.84 bits per heavy atom. The lowest BCUT2D eigenvalue weighted by molar-refractivity contribution is 0.102. The number of rotatable bonds is 5. The fourth-order valence-corrected chi connectivity index (χ4v) is 6.14. The molecule has 2 aromatic carbocycles. The lowest BCUT2D eigenvalue weighted by atomic mass is 10.1. The molecule has 162 valence electrons. The van der Waals surface area contributed by atoms with Crippen LogP contribution in [0, 0.1) is 0 Å². The maximum atomic E-state index is 12.9. The van der Waals surface area contributed by atoms with Gasteiger partial charge in [0.15, 0.2) is 5.13 Å². The number of benzene rings is 2. The largest absolute Gasteiger partial charge is 0.298 e. The number of hydrogen-bond donors (Lipinski definition) is 1. The predicted molar refractivity (Wildman–Crippen MR) is 124 cm³/mol. The van der Waals surface area contributed by atoms with Crippen molar-refractivity contribution in [3.05, 3.63) is 64.5 Å². The Balaban J connectivity index is 1.46. The van der Waals surface area contributed by atoms with Gasteiger partial charge in [-0.3, -0.25) is 10.1 Å². The van der Waals surface area contributed by atoms with Gasteiger partial charge in [-0.05, 0) is 56.2 Å². The van der Waals surface area contributed by atoms with Crippen LogP contribution in [0.25, 0.3) is 11.3 Å². The molecule has 0 aliphatic carbocycles. The molecule has 1 amide bonds. The minimum Gasteiger partial charge on any atom is -0.298 e. The van der Waals surface area contributed by atoms with E-state index < -0.39 is 10.0 Å². The average Bonchev–Trinajstić information content (AvgIpc) is 3.23. The van der Waals surface area contributed by atoms with E-state index in [-0.39, 0.29) is 16.8 Å². The van der Waals surface area contributed by atoms with Crippen LogP contribution in [0.2, 0.25) is 5.02 Å². The number of carbonyl (C=O) groups is 1. The molecule has 1 N–H and O–H groups in total. The number of halogens is 1. The Labute approximate surface area is 190 Å². The molecule has 1 fully saturated rings. The van der Waals surface area contributed by atoms with Crippen molar-refractivity contribution < 1.29 is 13.2 Å². The monoisotopic (exact) mass is 475 g/mol. The summed E-state index contributed by atoms with van der Waals surface area (Å²) in [4.78, 5) is 17.2. The van der Waals surface area contributed by atoms with Gasteiger partial charge >= 0.3 is 0 Å². The first-order chi connectivity index (χ1) is 14.8. The van der Waals surface area contributed by atoms with Gasteiger partial charge < -0.3 is 0 Å². The summed E-state index contributed by atoms with van der Waals surface area (Å²) in [5.41, 5.74) is 2.02. The third kappa shape index (κ3) is 4.82. The van der Waals surface area contributed by atoms with E-state index in [2.05, 4.69) is 10.3 Å². The highest BCUT2D eigenvalue weighted by Crippen LogP contribution is 2.27. The van der Waals surface area contributed by atoms with Gasteiger partial charge in [-0.1, -0.05) is 30.2 Å². The van der Waals surface area contributed by atoms with E-state index in [9.17, 15) is 13.2 Å². The summed E-state index contributed by atoms with van der Waals surface area (Å²) in [6.45, 7) is 2.47. The summed E-state index contributed by atoms with van der Waals surface area (Å²) in [5, 5.41) is 5.74. The Morgan fingerprint density at radius 3 is 2.52 bits per heavy atom. The fraction of sp³-hybridized carbons (Fsp3) is 0.273. The van der Waals surface area contributed by atoms with Crippen LogP contribution >= 0.6 is 22.9 Å². The Hall–Kier alpha value is -2.26. The molecule has 9 heteroatoms. The van der Waals surface area contributed by atoms with Gasteiger partial charge in [-0.15, -0.1) is 11.3 Å². The summed E-state index contributed by atoms with van der Waals surface area (Å²) >= 11 is 7.24. The van der Waals surface area contributed by atoms with Crippen LogP contribution in [0.4, 0.5) is 5.13 Å². The fourth-order valence-electron chi connectivity index (χ4n) is 3.60. The number of sulfonamides is 1. The Bertz CT molecular complexity index is 1180. The van der Waals surface area contributed by atoms with Crippen LogP contribution in [0.5, 0.6) is 0 Å². The number of amides is 1. The van der Waals surface area contributed by atoms with Crippen molar-refractivity contribution in [1.82, 2.24) is 9.29 Å². The van der Waals surface area contributed by atoms with Crippen LogP contribution in [0.3, 0.4) is 0 Å². The van der Waals surface area contributed by atoms with Crippen molar-refractivity contribution in [2.45, 2.75) is 37.1 Å². The lowest BCUT2D eigenvalue weighted by Gasteiger charge is -2.32. The van der Waals surface area contributed by atoms with Crippen molar-refractivity contribution >= 4 is 44.0 Å². The van der Waals surface area contributed by atoms with Gasteiger partial charge in [0.2, 0.25) is 10.0 Å². The first-order valence-corrected chi connectivity index (χ1v) is 12.7. The van der Waals surface area contributed by atoms with Crippen LogP contribution in [-0.2, 0) is 10.0 Å². The quantitative estimate of drug-likeness (QED) is 0.544. The first kappa shape index (κ1) is 22.0. The SMILES string of the molecule is C[C@H]1CCCCN1S(=O)(=O)c1ccc(C(=O)Nc2nc(-c3ccc(Cl)cc3)cs2)cc1. The van der Waals surface area contributed by atoms with Crippen molar-refractivity contribution in [2.24, 2.45) is 0 Å². The highest BCUT2D eigenvalue weighted by molar-refractivity contribution is 7.89. The van der Waals surface area contributed by atoms with Gasteiger partial charge in [-0.2, -0.15) is 4.31 Å². The highest BCUT2D eigenvalue weighted by Gasteiger charge is 2.30. The second-order valence-electron chi connectivity index (χ2n) is 7.48. The summed E-state index contributed by atoms with van der Waals surface area (Å²) in [7, 11) is -3.56. The predicted octanol–water partition coefficient (Wildman–Crippen LogP) is 5.28. The van der Waals surface area contributed by atoms with Crippen LogP contribution < -0.4 is 5.32 Å². The molecule has 6 nitrogen and oxygen atoms in total. The normalized spacial score (nSPS) is 17.4. The molecule has 1 aliphatic rings. The zero-order valence-corrected chi connectivity index (χ0v) is 19.3. The Kier molecular flexibility index (Phi) is 6.43. The minimum atomic E-state index is -3.56. The van der Waals surface area contributed by atoms with Gasteiger partial charge in [-0.25, -0.2) is 13.4 Å². The molecule has 31 heavy (non-hydrogen) atoms. The van der Waals surface area contributed by atoms with E-state index in [4.69, 9.17) is 11.6 Å². The summed E-state index contributed by atoms with van der Waals surface area (Å²) in [5.74, 6) is -0.340. The molecule has 1 saturated heterocycles. The number of thiazole rings is 1. The topological polar surface area (TPSA) is 79.4 Å². The van der Waals surface area contributed by atoms with E-state index in [1.54, 1.807) is 16.4 Å². The molecule has 0 radical (unpaired) electrons. The first-order valence-electron chi connectivity index (χ1n) is 9.99. The van der Waals surface area contributed by atoms with E-state index in [1.807, 2.05) is 24.4 Å². The number of nitrogens with one attached hydrogen (secondary N) is 1. The maximum absolute atomic E-state index is 12.9. The number of aromatic nitrogens is 1. The van der Waals surface area contributed by atoms with Gasteiger partial charge in [0.05, 0.1) is 10.6 Å². The number of piperidine rings is 1. The molecule has 4 rings (SSSR count). The smallest absolute Gasteiger partial charge is 0.257 e. The summed E-state index contributed by atoms with van der Waals surface area (Å²) < 4.78 is 27.4. The molecule has 3 aromatic rings. The molecule has 1 aliphatic heterocycles. The zero-order valence-electron chi connectivity index (χ0n) is 16.9. The maximum Gasteiger partial charge on any atom is 0.257 e. The number of anilines is 1. The lowest BCUT2D eigenvalue weighted by Crippen LogP contribution is -2.41. The standard InChI is InChI=1S/C22H22ClN3O3S2/c1-15-4-2-3-13-26(15)31(28,29)19-11-7-17(8-12-19)21(27)25-22-24-20(14-30-22)16-5-9-18(23)10-6-16/h5-12,14-15H,2-4,13H2,1H3,(H,24,25,27)/t15-/m0/s1. The van der Waals surface area contributed by atoms with E-state index in [1.165, 1.54) is 35.6 Å². The number of carbonyl (C=O) groups excluding carboxylic acids is 1. The molecule has 0 unspecified atom stereocenters. The van der Waals surface area contributed by atoms with E-state index >= 15 is 0 Å². The number of hydrogen-bond acceptors (Lipinski definition) is 5. The molecule has 1 aromatic heterocycles. The molecular formula is C22H22ClN3O3S2. The van der Waals surface area contributed by atoms with Crippen molar-refractivity contribution in [2.75, 3.05) is 11.9 Å². The van der Waals surface area contributed by atoms with Crippen molar-refractivity contribution in [3.63, 3.8) is 0 Å². The van der Waals surface area contributed by atoms with Crippen LogP contribution in [0.1, 0.15) is 36.5 Å². The molecule has 0 bridgehead atoms. The van der Waals surface area contributed by atoms with Crippen molar-refractivity contribution in [3.8, 4) is 11.3 Å². The highest BCUT2D eigenvalue weighted by atomic mass is 35.5. The molecule has 1 atom stereocenters.